The van der Waals surface area contributed by atoms with Gasteiger partial charge in [0.05, 0.1) is 0 Å². The van der Waals surface area contributed by atoms with Gasteiger partial charge in [-0.2, -0.15) is 9.69 Å². The van der Waals surface area contributed by atoms with E-state index < -0.39 is 7.82 Å². The second kappa shape index (κ2) is 3.85. The van der Waals surface area contributed by atoms with Crippen molar-refractivity contribution in [2.75, 3.05) is 13.6 Å². The van der Waals surface area contributed by atoms with Gasteiger partial charge in [-0.25, -0.2) is 4.57 Å². The molecule has 0 atom stereocenters. The second-order valence-electron chi connectivity index (χ2n) is 1.67. The van der Waals surface area contributed by atoms with Crippen molar-refractivity contribution in [3.05, 3.63) is 12.7 Å². The molecule has 0 amide bonds. The molecule has 2 N–H and O–H groups in total. The highest BCUT2D eigenvalue weighted by Crippen LogP contribution is 2.36. The standard InChI is InChI=1S/C4H10NO4P/c1-3-4-5(2)9-10(6,7)8/h3H,1,4H2,2H3,(H2,6,7,8). The number of nitrogens with zero attached hydrogens (tertiary/aromatic N) is 1. The van der Waals surface area contributed by atoms with E-state index in [0.29, 0.717) is 0 Å². The number of hydrogen-bond donors (Lipinski definition) is 2. The van der Waals surface area contributed by atoms with E-state index >= 15 is 0 Å². The smallest absolute Gasteiger partial charge is 0.302 e. The lowest BCUT2D eigenvalue weighted by Gasteiger charge is -2.13. The Hall–Kier alpha value is -0.190. The maximum atomic E-state index is 10.1. The summed E-state index contributed by atoms with van der Waals surface area (Å²) < 4.78 is 14.2. The van der Waals surface area contributed by atoms with E-state index in [1.807, 2.05) is 0 Å². The van der Waals surface area contributed by atoms with Gasteiger partial charge in [0.2, 0.25) is 0 Å². The molecular weight excluding hydrogens is 157 g/mol. The highest BCUT2D eigenvalue weighted by Gasteiger charge is 2.16. The zero-order valence-electron chi connectivity index (χ0n) is 5.60. The Bertz CT molecular complexity index is 153. The highest BCUT2D eigenvalue weighted by atomic mass is 31.2. The normalized spacial score (nSPS) is 12.0. The van der Waals surface area contributed by atoms with Crippen LogP contribution in [0.5, 0.6) is 0 Å². The summed E-state index contributed by atoms with van der Waals surface area (Å²) in [5, 5.41) is 1.01. The minimum Gasteiger partial charge on any atom is -0.302 e. The van der Waals surface area contributed by atoms with Crippen LogP contribution < -0.4 is 0 Å². The van der Waals surface area contributed by atoms with Gasteiger partial charge in [0, 0.05) is 13.6 Å². The predicted octanol–water partition coefficient (Wildman–Crippen LogP) is 0.128. The summed E-state index contributed by atoms with van der Waals surface area (Å²) in [4.78, 5) is 16.5. The van der Waals surface area contributed by atoms with Crippen molar-refractivity contribution in [3.63, 3.8) is 0 Å². The van der Waals surface area contributed by atoms with E-state index in [1.165, 1.54) is 13.1 Å². The first-order chi connectivity index (χ1) is 4.45. The quantitative estimate of drug-likeness (QED) is 0.353. The maximum Gasteiger partial charge on any atom is 0.486 e. The molecule has 0 aliphatic heterocycles. The van der Waals surface area contributed by atoms with Crippen LogP contribution in [0.4, 0.5) is 0 Å². The molecule has 0 heterocycles. The van der Waals surface area contributed by atoms with Crippen LogP contribution in [0.3, 0.4) is 0 Å². The average Bonchev–Trinajstić information content (AvgIpc) is 1.59. The van der Waals surface area contributed by atoms with E-state index in [1.54, 1.807) is 0 Å². The summed E-state index contributed by atoms with van der Waals surface area (Å²) in [5.74, 6) is 0. The summed E-state index contributed by atoms with van der Waals surface area (Å²) in [5.41, 5.74) is 0. The Morgan fingerprint density at radius 3 is 2.60 bits per heavy atom. The first-order valence-electron chi connectivity index (χ1n) is 2.53. The minimum absolute atomic E-state index is 0.269. The highest BCUT2D eigenvalue weighted by molar-refractivity contribution is 7.46. The lowest BCUT2D eigenvalue weighted by molar-refractivity contribution is -0.0472. The van der Waals surface area contributed by atoms with Crippen molar-refractivity contribution >= 4 is 7.82 Å². The lowest BCUT2D eigenvalue weighted by atomic mass is 10.6. The van der Waals surface area contributed by atoms with Crippen LogP contribution in [0.1, 0.15) is 0 Å². The topological polar surface area (TPSA) is 70.0 Å². The van der Waals surface area contributed by atoms with Gasteiger partial charge in [0.25, 0.3) is 0 Å². The number of likely N-dealkylation sites (N-methyl/N-ethyl adjacent to an activating group) is 1. The summed E-state index contributed by atoms with van der Waals surface area (Å²) in [6.45, 7) is 3.63. The fourth-order valence-corrected chi connectivity index (χ4v) is 0.827. The van der Waals surface area contributed by atoms with Gasteiger partial charge in [0.1, 0.15) is 0 Å². The third-order valence-corrected chi connectivity index (χ3v) is 1.12. The van der Waals surface area contributed by atoms with Crippen molar-refractivity contribution in [3.8, 4) is 0 Å². The molecule has 0 aromatic carbocycles. The molecule has 0 bridgehead atoms. The molecule has 0 aromatic rings. The van der Waals surface area contributed by atoms with Crippen LogP contribution in [0.2, 0.25) is 0 Å². The van der Waals surface area contributed by atoms with Crippen LogP contribution in [-0.4, -0.2) is 28.4 Å². The SMILES string of the molecule is C=CCN(C)OP(=O)(O)O. The van der Waals surface area contributed by atoms with Crippen LogP contribution >= 0.6 is 7.82 Å². The summed E-state index contributed by atoms with van der Waals surface area (Å²) in [6, 6.07) is 0. The number of phosphoric acid groups is 1. The lowest BCUT2D eigenvalue weighted by Crippen LogP contribution is -2.16. The average molecular weight is 167 g/mol. The molecule has 0 aromatic heterocycles. The van der Waals surface area contributed by atoms with E-state index in [2.05, 4.69) is 11.2 Å². The summed E-state index contributed by atoms with van der Waals surface area (Å²) in [7, 11) is -2.97. The zero-order chi connectivity index (χ0) is 8.20. The Labute approximate surface area is 59.1 Å². The van der Waals surface area contributed by atoms with Gasteiger partial charge in [-0.15, -0.1) is 6.58 Å². The minimum atomic E-state index is -4.37. The zero-order valence-corrected chi connectivity index (χ0v) is 6.49. The summed E-state index contributed by atoms with van der Waals surface area (Å²) >= 11 is 0. The van der Waals surface area contributed by atoms with Gasteiger partial charge in [-0.3, -0.25) is 0 Å². The molecule has 0 aliphatic carbocycles. The van der Waals surface area contributed by atoms with Crippen molar-refractivity contribution in [2.24, 2.45) is 0 Å². The predicted molar refractivity (Wildman–Crippen MR) is 36.0 cm³/mol. The van der Waals surface area contributed by atoms with Gasteiger partial charge < -0.3 is 9.79 Å². The molecule has 0 radical (unpaired) electrons. The molecule has 0 saturated heterocycles. The van der Waals surface area contributed by atoms with Crippen molar-refractivity contribution in [2.45, 2.75) is 0 Å². The Balaban J connectivity index is 3.68. The molecule has 10 heavy (non-hydrogen) atoms. The molecule has 0 unspecified atom stereocenters. The van der Waals surface area contributed by atoms with Gasteiger partial charge in [-0.1, -0.05) is 6.08 Å². The van der Waals surface area contributed by atoms with Crippen molar-refractivity contribution in [1.82, 2.24) is 5.06 Å². The van der Waals surface area contributed by atoms with Crippen LogP contribution in [0, 0.1) is 0 Å². The van der Waals surface area contributed by atoms with Gasteiger partial charge in [-0.05, 0) is 0 Å². The van der Waals surface area contributed by atoms with Gasteiger partial charge in [0.15, 0.2) is 0 Å². The molecule has 0 spiro atoms. The first kappa shape index (κ1) is 9.81. The summed E-state index contributed by atoms with van der Waals surface area (Å²) in [6.07, 6.45) is 1.47. The third kappa shape index (κ3) is 5.94. The third-order valence-electron chi connectivity index (χ3n) is 0.632. The number of rotatable bonds is 4. The Morgan fingerprint density at radius 1 is 1.80 bits per heavy atom. The fraction of sp³-hybridized carbons (Fsp3) is 0.500. The fourth-order valence-electron chi connectivity index (χ4n) is 0.397. The van der Waals surface area contributed by atoms with E-state index in [4.69, 9.17) is 9.79 Å². The molecule has 5 nitrogen and oxygen atoms in total. The number of hydroxylamine groups is 2. The Kier molecular flexibility index (Phi) is 3.78. The van der Waals surface area contributed by atoms with Crippen LogP contribution in [0.15, 0.2) is 12.7 Å². The number of hydrogen-bond acceptors (Lipinski definition) is 3. The van der Waals surface area contributed by atoms with E-state index in [-0.39, 0.29) is 6.54 Å². The first-order valence-corrected chi connectivity index (χ1v) is 4.06. The molecular formula is C4H10NO4P. The second-order valence-corrected chi connectivity index (χ2v) is 2.82. The van der Waals surface area contributed by atoms with E-state index in [0.717, 1.165) is 5.06 Å². The molecule has 0 fully saturated rings. The maximum absolute atomic E-state index is 10.1. The Morgan fingerprint density at radius 2 is 2.30 bits per heavy atom. The molecule has 0 saturated carbocycles. The molecule has 0 rings (SSSR count). The largest absolute Gasteiger partial charge is 0.486 e. The van der Waals surface area contributed by atoms with Crippen LogP contribution in [-0.2, 0) is 9.19 Å². The van der Waals surface area contributed by atoms with E-state index in [9.17, 15) is 4.57 Å². The van der Waals surface area contributed by atoms with Crippen molar-refractivity contribution < 1.29 is 19.0 Å². The molecule has 0 aliphatic rings. The molecule has 60 valence electrons. The molecule has 6 heteroatoms. The van der Waals surface area contributed by atoms with Crippen LogP contribution in [0.25, 0.3) is 0 Å². The van der Waals surface area contributed by atoms with Crippen molar-refractivity contribution in [1.29, 1.82) is 0 Å². The van der Waals surface area contributed by atoms with Gasteiger partial charge >= 0.3 is 7.82 Å². The monoisotopic (exact) mass is 167 g/mol.